The maximum Gasteiger partial charge on any atom is 0.310 e. The van der Waals surface area contributed by atoms with Crippen LogP contribution in [0.1, 0.15) is 19.3 Å². The SMILES string of the molecule is O=C(O)C1CCC(O)CC1C(=O)OCC1CO1. The van der Waals surface area contributed by atoms with Crippen molar-refractivity contribution in [1.82, 2.24) is 0 Å². The van der Waals surface area contributed by atoms with Gasteiger partial charge in [-0.05, 0) is 19.3 Å². The van der Waals surface area contributed by atoms with E-state index in [1.807, 2.05) is 0 Å². The summed E-state index contributed by atoms with van der Waals surface area (Å²) in [6, 6.07) is 0. The summed E-state index contributed by atoms with van der Waals surface area (Å²) in [5, 5.41) is 18.5. The van der Waals surface area contributed by atoms with E-state index in [4.69, 9.17) is 14.6 Å². The third-order valence-corrected chi connectivity index (χ3v) is 3.26. The van der Waals surface area contributed by atoms with Gasteiger partial charge in [0.05, 0.1) is 24.5 Å². The molecule has 0 aromatic heterocycles. The number of hydrogen-bond donors (Lipinski definition) is 2. The summed E-state index contributed by atoms with van der Waals surface area (Å²) >= 11 is 0. The van der Waals surface area contributed by atoms with Gasteiger partial charge < -0.3 is 19.7 Å². The molecular formula is C11H16O6. The molecule has 1 aliphatic heterocycles. The molecule has 4 atom stereocenters. The van der Waals surface area contributed by atoms with Crippen molar-refractivity contribution in [2.45, 2.75) is 31.5 Å². The molecule has 17 heavy (non-hydrogen) atoms. The summed E-state index contributed by atoms with van der Waals surface area (Å²) < 4.78 is 9.89. The van der Waals surface area contributed by atoms with Crippen LogP contribution in [0.4, 0.5) is 0 Å². The van der Waals surface area contributed by atoms with Gasteiger partial charge in [0.1, 0.15) is 12.7 Å². The minimum absolute atomic E-state index is 0.0317. The standard InChI is InChI=1S/C11H16O6/c12-6-1-2-8(10(13)14)9(3-6)11(15)17-5-7-4-16-7/h6-9,12H,1-5H2,(H,13,14). The Morgan fingerprint density at radius 1 is 1.29 bits per heavy atom. The van der Waals surface area contributed by atoms with Crippen LogP contribution in [0, 0.1) is 11.8 Å². The van der Waals surface area contributed by atoms with E-state index in [9.17, 15) is 14.7 Å². The molecule has 96 valence electrons. The van der Waals surface area contributed by atoms with Gasteiger partial charge in [-0.2, -0.15) is 0 Å². The number of hydrogen-bond acceptors (Lipinski definition) is 5. The molecule has 1 aliphatic carbocycles. The molecule has 4 unspecified atom stereocenters. The lowest BCUT2D eigenvalue weighted by Crippen LogP contribution is -2.38. The average Bonchev–Trinajstić information content (AvgIpc) is 3.09. The number of carbonyl (C=O) groups is 2. The predicted molar refractivity (Wildman–Crippen MR) is 55.2 cm³/mol. The van der Waals surface area contributed by atoms with Crippen LogP contribution < -0.4 is 0 Å². The van der Waals surface area contributed by atoms with Gasteiger partial charge in [-0.25, -0.2) is 0 Å². The van der Waals surface area contributed by atoms with Crippen molar-refractivity contribution in [2.24, 2.45) is 11.8 Å². The second-order valence-corrected chi connectivity index (χ2v) is 4.60. The zero-order chi connectivity index (χ0) is 12.4. The van der Waals surface area contributed by atoms with E-state index >= 15 is 0 Å². The van der Waals surface area contributed by atoms with Gasteiger partial charge in [0, 0.05) is 0 Å². The van der Waals surface area contributed by atoms with Gasteiger partial charge in [-0.15, -0.1) is 0 Å². The molecule has 1 saturated carbocycles. The summed E-state index contributed by atoms with van der Waals surface area (Å²) in [4.78, 5) is 22.8. The number of aliphatic carboxylic acids is 1. The normalized spacial score (nSPS) is 36.3. The van der Waals surface area contributed by atoms with Gasteiger partial charge in [-0.1, -0.05) is 0 Å². The first kappa shape index (κ1) is 12.3. The van der Waals surface area contributed by atoms with E-state index in [1.54, 1.807) is 0 Å². The predicted octanol–water partition coefficient (Wildman–Crippen LogP) is -0.210. The summed E-state index contributed by atoms with van der Waals surface area (Å²) in [6.45, 7) is 0.765. The monoisotopic (exact) mass is 244 g/mol. The van der Waals surface area contributed by atoms with Crippen molar-refractivity contribution >= 4 is 11.9 Å². The third-order valence-electron chi connectivity index (χ3n) is 3.26. The van der Waals surface area contributed by atoms with Crippen molar-refractivity contribution in [3.8, 4) is 0 Å². The molecule has 2 aliphatic rings. The molecule has 1 heterocycles. The zero-order valence-corrected chi connectivity index (χ0v) is 9.37. The van der Waals surface area contributed by atoms with Crippen LogP contribution in [-0.4, -0.2) is 47.6 Å². The van der Waals surface area contributed by atoms with Gasteiger partial charge in [0.15, 0.2) is 0 Å². The third kappa shape index (κ3) is 3.17. The Kier molecular flexibility index (Phi) is 3.63. The summed E-state index contributed by atoms with van der Waals surface area (Å²) in [7, 11) is 0. The van der Waals surface area contributed by atoms with Crippen LogP contribution in [0.3, 0.4) is 0 Å². The van der Waals surface area contributed by atoms with Crippen molar-refractivity contribution in [3.05, 3.63) is 0 Å². The number of ether oxygens (including phenoxy) is 2. The lowest BCUT2D eigenvalue weighted by Gasteiger charge is -2.29. The van der Waals surface area contributed by atoms with Crippen LogP contribution in [0.2, 0.25) is 0 Å². The molecule has 6 nitrogen and oxygen atoms in total. The number of rotatable bonds is 4. The van der Waals surface area contributed by atoms with E-state index in [2.05, 4.69) is 0 Å². The molecule has 0 radical (unpaired) electrons. The van der Waals surface area contributed by atoms with Crippen LogP contribution >= 0.6 is 0 Å². The lowest BCUT2D eigenvalue weighted by molar-refractivity contribution is -0.162. The molecule has 0 aromatic rings. The highest BCUT2D eigenvalue weighted by Gasteiger charge is 2.40. The number of carboxylic acids is 1. The molecule has 1 saturated heterocycles. The highest BCUT2D eigenvalue weighted by molar-refractivity contribution is 5.81. The van der Waals surface area contributed by atoms with Crippen LogP contribution in [0.15, 0.2) is 0 Å². The first-order valence-electron chi connectivity index (χ1n) is 5.77. The summed E-state index contributed by atoms with van der Waals surface area (Å²) in [6.07, 6.45) is 0.264. The highest BCUT2D eigenvalue weighted by atomic mass is 16.6. The van der Waals surface area contributed by atoms with E-state index in [1.165, 1.54) is 0 Å². The lowest BCUT2D eigenvalue weighted by atomic mass is 9.78. The maximum absolute atomic E-state index is 11.7. The molecular weight excluding hydrogens is 228 g/mol. The quantitative estimate of drug-likeness (QED) is 0.524. The van der Waals surface area contributed by atoms with Gasteiger partial charge in [0.25, 0.3) is 0 Å². The van der Waals surface area contributed by atoms with Gasteiger partial charge >= 0.3 is 11.9 Å². The summed E-state index contributed by atoms with van der Waals surface area (Å²) in [5.41, 5.74) is 0. The van der Waals surface area contributed by atoms with Crippen molar-refractivity contribution in [1.29, 1.82) is 0 Å². The second-order valence-electron chi connectivity index (χ2n) is 4.60. The Balaban J connectivity index is 1.92. The molecule has 0 bridgehead atoms. The fourth-order valence-corrected chi connectivity index (χ4v) is 2.15. The molecule has 2 fully saturated rings. The Morgan fingerprint density at radius 3 is 2.59 bits per heavy atom. The number of carbonyl (C=O) groups excluding carboxylic acids is 1. The molecule has 0 aromatic carbocycles. The van der Waals surface area contributed by atoms with Crippen molar-refractivity contribution < 1.29 is 29.3 Å². The average molecular weight is 244 g/mol. The van der Waals surface area contributed by atoms with Crippen molar-refractivity contribution in [3.63, 3.8) is 0 Å². The number of esters is 1. The van der Waals surface area contributed by atoms with E-state index in [-0.39, 0.29) is 19.1 Å². The zero-order valence-electron chi connectivity index (χ0n) is 9.37. The molecule has 0 spiro atoms. The fourth-order valence-electron chi connectivity index (χ4n) is 2.15. The first-order valence-corrected chi connectivity index (χ1v) is 5.77. The van der Waals surface area contributed by atoms with Crippen LogP contribution in [-0.2, 0) is 19.1 Å². The minimum Gasteiger partial charge on any atom is -0.481 e. The van der Waals surface area contributed by atoms with Gasteiger partial charge in [-0.3, -0.25) is 9.59 Å². The molecule has 6 heteroatoms. The molecule has 0 amide bonds. The first-order chi connectivity index (χ1) is 8.08. The Morgan fingerprint density at radius 2 is 2.00 bits per heavy atom. The molecule has 2 N–H and O–H groups in total. The number of aliphatic hydroxyl groups excluding tert-OH is 1. The van der Waals surface area contributed by atoms with E-state index < -0.39 is 29.9 Å². The minimum atomic E-state index is -0.999. The maximum atomic E-state index is 11.7. The van der Waals surface area contributed by atoms with Crippen molar-refractivity contribution in [2.75, 3.05) is 13.2 Å². The van der Waals surface area contributed by atoms with Crippen LogP contribution in [0.5, 0.6) is 0 Å². The fraction of sp³-hybridized carbons (Fsp3) is 0.818. The Bertz CT molecular complexity index is 311. The number of aliphatic hydroxyl groups is 1. The Hall–Kier alpha value is -1.14. The smallest absolute Gasteiger partial charge is 0.310 e. The second kappa shape index (κ2) is 5.01. The summed E-state index contributed by atoms with van der Waals surface area (Å²) in [5.74, 6) is -3.02. The molecule has 2 rings (SSSR count). The number of carboxylic acid groups (broad SMARTS) is 1. The highest BCUT2D eigenvalue weighted by Crippen LogP contribution is 2.31. The van der Waals surface area contributed by atoms with Gasteiger partial charge in [0.2, 0.25) is 0 Å². The largest absolute Gasteiger partial charge is 0.481 e. The van der Waals surface area contributed by atoms with Crippen LogP contribution in [0.25, 0.3) is 0 Å². The number of epoxide rings is 1. The Labute approximate surface area is 98.5 Å². The van der Waals surface area contributed by atoms with E-state index in [0.29, 0.717) is 19.4 Å². The topological polar surface area (TPSA) is 96.4 Å². The van der Waals surface area contributed by atoms with E-state index in [0.717, 1.165) is 0 Å².